The lowest BCUT2D eigenvalue weighted by Crippen LogP contribution is -2.50. The number of allylic oxidation sites excluding steroid dienone is 2. The molecule has 0 aromatic carbocycles. The number of carbonyl (C=O) groups excluding carboxylic acids is 2. The van der Waals surface area contributed by atoms with Crippen LogP contribution >= 0.6 is 11.6 Å². The molecule has 3 rings (SSSR count). The summed E-state index contributed by atoms with van der Waals surface area (Å²) in [6, 6.07) is 1.48. The standard InChI is InChI=1S/C18H19ClFN3O2/c1-12-5-3-2-4-8-22-9-10-23(18(25)16(22)15(12)20)17-13(11-24)14(19)6-7-21-17/h6-7,11H,1-5,8-10H2. The summed E-state index contributed by atoms with van der Waals surface area (Å²) in [5.41, 5.74) is 0.484. The SMILES string of the molecule is C=C1CCCCCN2CCN(c3nccc(Cl)c3C=O)C(=O)C2=C1F. The zero-order chi connectivity index (χ0) is 18.0. The Morgan fingerprint density at radius 1 is 1.24 bits per heavy atom. The predicted octanol–water partition coefficient (Wildman–Crippen LogP) is 3.51. The Bertz CT molecular complexity index is 763. The molecule has 1 amide bonds. The number of rotatable bonds is 2. The maximum Gasteiger partial charge on any atom is 0.278 e. The highest BCUT2D eigenvalue weighted by Crippen LogP contribution is 2.32. The van der Waals surface area contributed by atoms with E-state index in [-0.39, 0.29) is 22.1 Å². The molecule has 0 atom stereocenters. The monoisotopic (exact) mass is 363 g/mol. The first kappa shape index (κ1) is 17.6. The molecule has 0 bridgehead atoms. The van der Waals surface area contributed by atoms with E-state index in [1.165, 1.54) is 17.2 Å². The van der Waals surface area contributed by atoms with E-state index >= 15 is 0 Å². The van der Waals surface area contributed by atoms with Gasteiger partial charge in [0, 0.05) is 25.8 Å². The molecule has 1 aromatic heterocycles. The van der Waals surface area contributed by atoms with E-state index < -0.39 is 11.7 Å². The van der Waals surface area contributed by atoms with Crippen LogP contribution in [0.2, 0.25) is 5.02 Å². The molecule has 25 heavy (non-hydrogen) atoms. The van der Waals surface area contributed by atoms with Crippen molar-refractivity contribution >= 4 is 29.6 Å². The highest BCUT2D eigenvalue weighted by molar-refractivity contribution is 6.33. The van der Waals surface area contributed by atoms with Crippen molar-refractivity contribution in [3.8, 4) is 0 Å². The number of aromatic nitrogens is 1. The number of halogens is 2. The molecule has 0 unspecified atom stereocenters. The fourth-order valence-electron chi connectivity index (χ4n) is 3.21. The van der Waals surface area contributed by atoms with Gasteiger partial charge in [0.05, 0.1) is 10.6 Å². The molecule has 3 heterocycles. The van der Waals surface area contributed by atoms with Gasteiger partial charge in [-0.25, -0.2) is 9.37 Å². The van der Waals surface area contributed by atoms with Crippen LogP contribution in [0.3, 0.4) is 0 Å². The average molecular weight is 364 g/mol. The van der Waals surface area contributed by atoms with Gasteiger partial charge in [0.1, 0.15) is 11.5 Å². The third-order valence-corrected chi connectivity index (χ3v) is 4.90. The van der Waals surface area contributed by atoms with E-state index in [2.05, 4.69) is 11.6 Å². The average Bonchev–Trinajstić information content (AvgIpc) is 2.66. The Kier molecular flexibility index (Phi) is 5.18. The number of amides is 1. The van der Waals surface area contributed by atoms with Crippen LogP contribution in [-0.4, -0.2) is 41.7 Å². The zero-order valence-electron chi connectivity index (χ0n) is 13.8. The molecular formula is C18H19ClFN3O2. The van der Waals surface area contributed by atoms with Gasteiger partial charge in [-0.05, 0) is 30.9 Å². The van der Waals surface area contributed by atoms with Gasteiger partial charge in [-0.15, -0.1) is 0 Å². The summed E-state index contributed by atoms with van der Waals surface area (Å²) in [4.78, 5) is 31.6. The molecule has 0 spiro atoms. The first-order valence-electron chi connectivity index (χ1n) is 8.29. The second-order valence-corrected chi connectivity index (χ2v) is 6.58. The van der Waals surface area contributed by atoms with E-state index in [9.17, 15) is 14.0 Å². The van der Waals surface area contributed by atoms with Crippen molar-refractivity contribution in [2.24, 2.45) is 0 Å². The van der Waals surface area contributed by atoms with Gasteiger partial charge in [0.25, 0.3) is 5.91 Å². The molecular weight excluding hydrogens is 345 g/mol. The van der Waals surface area contributed by atoms with Crippen LogP contribution in [0.5, 0.6) is 0 Å². The highest BCUT2D eigenvalue weighted by Gasteiger charge is 2.35. The first-order valence-corrected chi connectivity index (χ1v) is 8.66. The number of pyridine rings is 1. The number of fused-ring (bicyclic) bond motifs is 1. The Labute approximate surface area is 150 Å². The molecule has 0 aliphatic carbocycles. The number of hydrogen-bond acceptors (Lipinski definition) is 4. The Morgan fingerprint density at radius 3 is 2.80 bits per heavy atom. The molecule has 1 aromatic rings. The van der Waals surface area contributed by atoms with Crippen LogP contribution in [0.4, 0.5) is 10.2 Å². The molecule has 0 radical (unpaired) electrons. The summed E-state index contributed by atoms with van der Waals surface area (Å²) in [6.07, 6.45) is 5.25. The number of hydrogen-bond donors (Lipinski definition) is 0. The molecule has 2 aliphatic rings. The molecule has 1 saturated heterocycles. The van der Waals surface area contributed by atoms with Gasteiger partial charge < -0.3 is 4.90 Å². The minimum Gasteiger partial charge on any atom is -0.363 e. The lowest BCUT2D eigenvalue weighted by Gasteiger charge is -2.37. The maximum absolute atomic E-state index is 14.9. The van der Waals surface area contributed by atoms with E-state index in [1.807, 2.05) is 0 Å². The Hall–Kier alpha value is -2.21. The summed E-state index contributed by atoms with van der Waals surface area (Å²) in [5.74, 6) is -0.908. The van der Waals surface area contributed by atoms with Crippen molar-refractivity contribution in [2.75, 3.05) is 24.5 Å². The van der Waals surface area contributed by atoms with Gasteiger partial charge in [0.15, 0.2) is 12.1 Å². The van der Waals surface area contributed by atoms with E-state index in [1.54, 1.807) is 4.90 Å². The molecule has 2 aliphatic heterocycles. The molecule has 1 fully saturated rings. The summed E-state index contributed by atoms with van der Waals surface area (Å²) in [7, 11) is 0. The quantitative estimate of drug-likeness (QED) is 0.754. The third-order valence-electron chi connectivity index (χ3n) is 4.57. The largest absolute Gasteiger partial charge is 0.363 e. The number of carbonyl (C=O) groups is 2. The van der Waals surface area contributed by atoms with Gasteiger partial charge in [-0.2, -0.15) is 0 Å². The second-order valence-electron chi connectivity index (χ2n) is 6.17. The van der Waals surface area contributed by atoms with E-state index in [0.717, 1.165) is 19.3 Å². The summed E-state index contributed by atoms with van der Waals surface area (Å²) < 4.78 is 14.9. The fourth-order valence-corrected chi connectivity index (χ4v) is 3.40. The minimum atomic E-state index is -0.564. The molecule has 132 valence electrons. The lowest BCUT2D eigenvalue weighted by atomic mass is 10.1. The fraction of sp³-hybridized carbons (Fsp3) is 0.389. The van der Waals surface area contributed by atoms with Crippen molar-refractivity contribution in [3.63, 3.8) is 0 Å². The maximum atomic E-state index is 14.9. The number of nitrogens with zero attached hydrogens (tertiary/aromatic N) is 3. The zero-order valence-corrected chi connectivity index (χ0v) is 14.6. The number of piperazine rings is 1. The second kappa shape index (κ2) is 7.35. The topological polar surface area (TPSA) is 53.5 Å². The van der Waals surface area contributed by atoms with Crippen LogP contribution in [0.15, 0.2) is 35.9 Å². The summed E-state index contributed by atoms with van der Waals surface area (Å²) in [6.45, 7) is 5.19. The van der Waals surface area contributed by atoms with Crippen molar-refractivity contribution in [1.29, 1.82) is 0 Å². The van der Waals surface area contributed by atoms with Crippen LogP contribution in [0, 0.1) is 0 Å². The predicted molar refractivity (Wildman–Crippen MR) is 94.3 cm³/mol. The molecule has 7 heteroatoms. The molecule has 0 saturated carbocycles. The number of aldehydes is 1. The van der Waals surface area contributed by atoms with Crippen molar-refractivity contribution in [1.82, 2.24) is 9.88 Å². The van der Waals surface area contributed by atoms with Gasteiger partial charge in [-0.1, -0.05) is 24.6 Å². The van der Waals surface area contributed by atoms with Gasteiger partial charge >= 0.3 is 0 Å². The molecule has 0 N–H and O–H groups in total. The summed E-state index contributed by atoms with van der Waals surface area (Å²) >= 11 is 6.04. The lowest BCUT2D eigenvalue weighted by molar-refractivity contribution is -0.118. The smallest absolute Gasteiger partial charge is 0.278 e. The van der Waals surface area contributed by atoms with E-state index in [0.29, 0.717) is 37.9 Å². The Morgan fingerprint density at radius 2 is 2.04 bits per heavy atom. The first-order chi connectivity index (χ1) is 12.0. The molecule has 5 nitrogen and oxygen atoms in total. The van der Waals surface area contributed by atoms with Crippen LogP contribution in [-0.2, 0) is 4.79 Å². The normalized spacial score (nSPS) is 19.3. The number of anilines is 1. The van der Waals surface area contributed by atoms with Crippen molar-refractivity contribution in [2.45, 2.75) is 25.7 Å². The van der Waals surface area contributed by atoms with Crippen LogP contribution in [0.25, 0.3) is 0 Å². The van der Waals surface area contributed by atoms with Crippen LogP contribution in [0.1, 0.15) is 36.0 Å². The summed E-state index contributed by atoms with van der Waals surface area (Å²) in [5, 5.41) is 0.212. The minimum absolute atomic E-state index is 0.0109. The van der Waals surface area contributed by atoms with E-state index in [4.69, 9.17) is 11.6 Å². The Balaban J connectivity index is 2.04. The highest BCUT2D eigenvalue weighted by atomic mass is 35.5. The van der Waals surface area contributed by atoms with Gasteiger partial charge in [-0.3, -0.25) is 14.5 Å². The van der Waals surface area contributed by atoms with Gasteiger partial charge in [0.2, 0.25) is 0 Å². The van der Waals surface area contributed by atoms with Crippen molar-refractivity contribution < 1.29 is 14.0 Å². The van der Waals surface area contributed by atoms with Crippen LogP contribution < -0.4 is 4.90 Å². The third kappa shape index (κ3) is 3.31. The van der Waals surface area contributed by atoms with Crippen molar-refractivity contribution in [3.05, 3.63) is 46.5 Å².